The zero-order chi connectivity index (χ0) is 10.7. The van der Waals surface area contributed by atoms with Crippen LogP contribution in [0.1, 0.15) is 0 Å². The quantitative estimate of drug-likeness (QED) is 0.784. The van der Waals surface area contributed by atoms with Crippen LogP contribution in [0.4, 0.5) is 5.69 Å². The van der Waals surface area contributed by atoms with Crippen LogP contribution in [0.5, 0.6) is 0 Å². The zero-order valence-corrected chi connectivity index (χ0v) is 9.29. The van der Waals surface area contributed by atoms with E-state index in [0.717, 1.165) is 16.8 Å². The molecule has 1 heterocycles. The minimum atomic E-state index is 0.717. The lowest BCUT2D eigenvalue weighted by Gasteiger charge is -2.05. The summed E-state index contributed by atoms with van der Waals surface area (Å²) in [6.07, 6.45) is 5.50. The number of rotatable bonds is 2. The molecule has 0 radical (unpaired) electrons. The van der Waals surface area contributed by atoms with Crippen molar-refractivity contribution in [1.82, 2.24) is 4.98 Å². The summed E-state index contributed by atoms with van der Waals surface area (Å²) in [4.78, 5) is 5.23. The number of aromatic nitrogens is 1. The van der Waals surface area contributed by atoms with Gasteiger partial charge in [0.2, 0.25) is 0 Å². The number of nitrogens with zero attached hydrogens (tertiary/aromatic N) is 1. The van der Waals surface area contributed by atoms with Gasteiger partial charge in [-0.05, 0) is 30.0 Å². The van der Waals surface area contributed by atoms with Gasteiger partial charge in [-0.15, -0.1) is 11.8 Å². The topological polar surface area (TPSA) is 38.9 Å². The van der Waals surface area contributed by atoms with Crippen molar-refractivity contribution in [3.8, 4) is 11.1 Å². The van der Waals surface area contributed by atoms with Crippen LogP contribution in [0.15, 0.2) is 47.6 Å². The van der Waals surface area contributed by atoms with Crippen LogP contribution in [-0.2, 0) is 0 Å². The van der Waals surface area contributed by atoms with Gasteiger partial charge in [0.15, 0.2) is 0 Å². The van der Waals surface area contributed by atoms with Crippen LogP contribution in [0.25, 0.3) is 11.1 Å². The van der Waals surface area contributed by atoms with Crippen molar-refractivity contribution in [2.75, 3.05) is 12.0 Å². The fraction of sp³-hybridized carbons (Fsp3) is 0.0833. The molecule has 0 spiro atoms. The number of nitrogens with two attached hydrogens (primary N) is 1. The minimum absolute atomic E-state index is 0.717. The number of pyridine rings is 1. The Bertz CT molecular complexity index is 451. The molecule has 0 aliphatic carbocycles. The molecule has 15 heavy (non-hydrogen) atoms. The molecule has 0 fully saturated rings. The van der Waals surface area contributed by atoms with Crippen LogP contribution in [0.2, 0.25) is 0 Å². The number of anilines is 1. The summed E-state index contributed by atoms with van der Waals surface area (Å²) < 4.78 is 0. The van der Waals surface area contributed by atoms with E-state index in [4.69, 9.17) is 5.73 Å². The van der Waals surface area contributed by atoms with Gasteiger partial charge < -0.3 is 5.73 Å². The van der Waals surface area contributed by atoms with Gasteiger partial charge in [-0.25, -0.2) is 0 Å². The molecule has 2 rings (SSSR count). The van der Waals surface area contributed by atoms with E-state index < -0.39 is 0 Å². The summed E-state index contributed by atoms with van der Waals surface area (Å²) in [7, 11) is 0. The Labute approximate surface area is 93.5 Å². The molecular formula is C12H12N2S. The van der Waals surface area contributed by atoms with Gasteiger partial charge in [-0.1, -0.05) is 12.1 Å². The van der Waals surface area contributed by atoms with E-state index in [1.807, 2.05) is 6.07 Å². The first-order chi connectivity index (χ1) is 7.31. The van der Waals surface area contributed by atoms with Crippen LogP contribution in [0, 0.1) is 0 Å². The second-order valence-electron chi connectivity index (χ2n) is 3.19. The lowest BCUT2D eigenvalue weighted by atomic mass is 10.1. The number of hydrogen-bond acceptors (Lipinski definition) is 3. The predicted molar refractivity (Wildman–Crippen MR) is 65.9 cm³/mol. The molecule has 0 aliphatic heterocycles. The zero-order valence-electron chi connectivity index (χ0n) is 8.47. The first kappa shape index (κ1) is 10.1. The summed E-state index contributed by atoms with van der Waals surface area (Å²) >= 11 is 1.73. The molecule has 0 atom stereocenters. The van der Waals surface area contributed by atoms with E-state index in [2.05, 4.69) is 35.5 Å². The van der Waals surface area contributed by atoms with Crippen molar-refractivity contribution in [3.05, 3.63) is 42.7 Å². The highest BCUT2D eigenvalue weighted by Crippen LogP contribution is 2.26. The first-order valence-electron chi connectivity index (χ1n) is 4.65. The van der Waals surface area contributed by atoms with Crippen LogP contribution < -0.4 is 5.73 Å². The minimum Gasteiger partial charge on any atom is -0.397 e. The van der Waals surface area contributed by atoms with Crippen molar-refractivity contribution >= 4 is 17.4 Å². The van der Waals surface area contributed by atoms with Crippen molar-refractivity contribution in [2.24, 2.45) is 0 Å². The third-order valence-electron chi connectivity index (χ3n) is 2.25. The number of thioether (sulfide) groups is 1. The smallest absolute Gasteiger partial charge is 0.0580 e. The van der Waals surface area contributed by atoms with E-state index in [1.54, 1.807) is 24.2 Å². The van der Waals surface area contributed by atoms with Crippen LogP contribution >= 0.6 is 11.8 Å². The number of nitrogen functional groups attached to an aromatic ring is 1. The Kier molecular flexibility index (Phi) is 2.92. The first-order valence-corrected chi connectivity index (χ1v) is 5.87. The van der Waals surface area contributed by atoms with Crippen molar-refractivity contribution in [1.29, 1.82) is 0 Å². The molecule has 76 valence electrons. The van der Waals surface area contributed by atoms with Gasteiger partial charge in [0, 0.05) is 16.7 Å². The van der Waals surface area contributed by atoms with Crippen molar-refractivity contribution in [3.63, 3.8) is 0 Å². The fourth-order valence-corrected chi connectivity index (χ4v) is 1.85. The van der Waals surface area contributed by atoms with Gasteiger partial charge in [-0.3, -0.25) is 4.98 Å². The van der Waals surface area contributed by atoms with E-state index in [9.17, 15) is 0 Å². The maximum Gasteiger partial charge on any atom is 0.0580 e. The van der Waals surface area contributed by atoms with E-state index in [0.29, 0.717) is 0 Å². The molecule has 1 aromatic heterocycles. The highest BCUT2D eigenvalue weighted by molar-refractivity contribution is 7.98. The second-order valence-corrected chi connectivity index (χ2v) is 4.07. The molecule has 2 aromatic rings. The highest BCUT2D eigenvalue weighted by Gasteiger charge is 2.01. The Balaban J connectivity index is 2.42. The van der Waals surface area contributed by atoms with Crippen LogP contribution in [0.3, 0.4) is 0 Å². The summed E-state index contributed by atoms with van der Waals surface area (Å²) in [5, 5.41) is 0. The van der Waals surface area contributed by atoms with E-state index in [1.165, 1.54) is 4.90 Å². The molecule has 2 N–H and O–H groups in total. The standard InChI is InChI=1S/C12H12N2S/c1-15-10-4-2-9(3-5-10)11-6-7-14-8-12(11)13/h2-8H,13H2,1H3. The largest absolute Gasteiger partial charge is 0.397 e. The highest BCUT2D eigenvalue weighted by atomic mass is 32.2. The molecule has 0 unspecified atom stereocenters. The van der Waals surface area contributed by atoms with E-state index >= 15 is 0 Å². The molecule has 0 aliphatic rings. The second kappa shape index (κ2) is 4.36. The van der Waals surface area contributed by atoms with Crippen LogP contribution in [-0.4, -0.2) is 11.2 Å². The molecule has 1 aromatic carbocycles. The van der Waals surface area contributed by atoms with Gasteiger partial charge in [-0.2, -0.15) is 0 Å². The summed E-state index contributed by atoms with van der Waals surface area (Å²) in [6.45, 7) is 0. The Morgan fingerprint density at radius 2 is 1.87 bits per heavy atom. The average molecular weight is 216 g/mol. The predicted octanol–water partition coefficient (Wildman–Crippen LogP) is 3.05. The molecule has 3 heteroatoms. The molecule has 0 saturated heterocycles. The summed E-state index contributed by atoms with van der Waals surface area (Å²) in [6, 6.07) is 10.3. The molecule has 0 saturated carbocycles. The maximum atomic E-state index is 5.86. The SMILES string of the molecule is CSc1ccc(-c2ccncc2N)cc1. The van der Waals surface area contributed by atoms with Crippen molar-refractivity contribution in [2.45, 2.75) is 4.90 Å². The number of benzene rings is 1. The Hall–Kier alpha value is -1.48. The lowest BCUT2D eigenvalue weighted by molar-refractivity contribution is 1.33. The Morgan fingerprint density at radius 3 is 2.47 bits per heavy atom. The Morgan fingerprint density at radius 1 is 1.13 bits per heavy atom. The normalized spacial score (nSPS) is 10.2. The lowest BCUT2D eigenvalue weighted by Crippen LogP contribution is -1.90. The summed E-state index contributed by atoms with van der Waals surface area (Å²) in [5.74, 6) is 0. The molecule has 2 nitrogen and oxygen atoms in total. The maximum absolute atomic E-state index is 5.86. The average Bonchev–Trinajstić information content (AvgIpc) is 2.30. The summed E-state index contributed by atoms with van der Waals surface area (Å²) in [5.41, 5.74) is 8.74. The van der Waals surface area contributed by atoms with E-state index in [-0.39, 0.29) is 0 Å². The molecule has 0 bridgehead atoms. The molecule has 0 amide bonds. The number of hydrogen-bond donors (Lipinski definition) is 1. The van der Waals surface area contributed by atoms with Gasteiger partial charge >= 0.3 is 0 Å². The van der Waals surface area contributed by atoms with Gasteiger partial charge in [0.1, 0.15) is 0 Å². The fourth-order valence-electron chi connectivity index (χ4n) is 1.44. The third kappa shape index (κ3) is 2.13. The third-order valence-corrected chi connectivity index (χ3v) is 3.00. The van der Waals surface area contributed by atoms with Gasteiger partial charge in [0.25, 0.3) is 0 Å². The molecular weight excluding hydrogens is 204 g/mol. The monoisotopic (exact) mass is 216 g/mol. The van der Waals surface area contributed by atoms with Crippen molar-refractivity contribution < 1.29 is 0 Å². The van der Waals surface area contributed by atoms with Gasteiger partial charge in [0.05, 0.1) is 11.9 Å².